The minimum atomic E-state index is -0.491. The Morgan fingerprint density at radius 3 is 2.41 bits per heavy atom. The Morgan fingerprint density at radius 2 is 1.76 bits per heavy atom. The van der Waals surface area contributed by atoms with Crippen molar-refractivity contribution in [2.45, 2.75) is 25.3 Å². The zero-order valence-corrected chi connectivity index (χ0v) is 19.0. The van der Waals surface area contributed by atoms with E-state index in [1.165, 1.54) is 23.3 Å². The van der Waals surface area contributed by atoms with E-state index in [9.17, 15) is 9.18 Å². The number of halogens is 1. The molecule has 0 fully saturated rings. The molecule has 0 radical (unpaired) electrons. The lowest BCUT2D eigenvalue weighted by atomic mass is 9.98. The molecule has 0 saturated carbocycles. The topological polar surface area (TPSA) is 67.8 Å². The van der Waals surface area contributed by atoms with Crippen molar-refractivity contribution in [1.29, 1.82) is 0 Å². The minimum absolute atomic E-state index is 0.000726. The monoisotopic (exact) mass is 461 g/mol. The Balaban J connectivity index is 1.39. The van der Waals surface area contributed by atoms with Crippen LogP contribution in [0.3, 0.4) is 0 Å². The van der Waals surface area contributed by atoms with Crippen LogP contribution in [0.4, 0.5) is 9.18 Å². The van der Waals surface area contributed by atoms with Crippen LogP contribution in [0.2, 0.25) is 0 Å². The Morgan fingerprint density at radius 1 is 1.09 bits per heavy atom. The molecule has 0 saturated heterocycles. The van der Waals surface area contributed by atoms with Gasteiger partial charge in [-0.3, -0.25) is 0 Å². The van der Waals surface area contributed by atoms with Gasteiger partial charge in [-0.1, -0.05) is 67.6 Å². The molecule has 176 valence electrons. The number of carbonyl (C=O) groups excluding carboxylic acids is 1. The second kappa shape index (κ2) is 11.0. The zero-order chi connectivity index (χ0) is 23.9. The second-order valence-electron chi connectivity index (χ2n) is 8.10. The van der Waals surface area contributed by atoms with Crippen molar-refractivity contribution in [3.63, 3.8) is 0 Å². The molecule has 0 aliphatic heterocycles. The summed E-state index contributed by atoms with van der Waals surface area (Å²) in [4.78, 5) is 12.6. The summed E-state index contributed by atoms with van der Waals surface area (Å²) in [6.45, 7) is 2.10. The summed E-state index contributed by atoms with van der Waals surface area (Å²) in [5, 5.41) is 11.9. The second-order valence-corrected chi connectivity index (χ2v) is 8.10. The molecule has 1 amide bonds. The van der Waals surface area contributed by atoms with E-state index in [1.54, 1.807) is 12.1 Å². The zero-order valence-electron chi connectivity index (χ0n) is 19.0. The van der Waals surface area contributed by atoms with Crippen LogP contribution in [0, 0.1) is 5.82 Å². The fourth-order valence-electron chi connectivity index (χ4n) is 4.22. The van der Waals surface area contributed by atoms with Gasteiger partial charge >= 0.3 is 6.09 Å². The third-order valence-corrected chi connectivity index (χ3v) is 5.92. The number of nitrogens with one attached hydrogen (secondary N) is 1. The molecule has 1 aliphatic carbocycles. The number of hydrogen-bond acceptors (Lipinski definition) is 4. The van der Waals surface area contributed by atoms with E-state index in [-0.39, 0.29) is 31.8 Å². The molecule has 0 spiro atoms. The Kier molecular flexibility index (Phi) is 7.60. The summed E-state index contributed by atoms with van der Waals surface area (Å²) in [7, 11) is 0. The summed E-state index contributed by atoms with van der Waals surface area (Å²) in [6, 6.07) is 20.3. The van der Waals surface area contributed by atoms with Crippen LogP contribution in [0.1, 0.15) is 36.0 Å². The normalized spacial score (nSPS) is 13.4. The number of amides is 1. The predicted molar refractivity (Wildman–Crippen MR) is 130 cm³/mol. The number of rotatable bonds is 9. The molecule has 6 heteroatoms. The maximum absolute atomic E-state index is 13.6. The summed E-state index contributed by atoms with van der Waals surface area (Å²) >= 11 is 0. The Labute approximate surface area is 198 Å². The molecule has 1 atom stereocenters. The van der Waals surface area contributed by atoms with Gasteiger partial charge in [0.2, 0.25) is 0 Å². The van der Waals surface area contributed by atoms with Crippen molar-refractivity contribution >= 4 is 12.2 Å². The minimum Gasteiger partial charge on any atom is -0.490 e. The highest BCUT2D eigenvalue weighted by Gasteiger charge is 2.29. The molecule has 34 heavy (non-hydrogen) atoms. The average Bonchev–Trinajstić information content (AvgIpc) is 3.18. The van der Waals surface area contributed by atoms with Crippen molar-refractivity contribution < 1.29 is 23.8 Å². The van der Waals surface area contributed by atoms with E-state index in [1.807, 2.05) is 37.3 Å². The molecule has 2 N–H and O–H groups in total. The number of aliphatic hydroxyl groups excluding tert-OH is 1. The summed E-state index contributed by atoms with van der Waals surface area (Å²) in [5.41, 5.74) is 5.34. The number of hydrogen-bond donors (Lipinski definition) is 2. The molecule has 0 unspecified atom stereocenters. The molecular weight excluding hydrogens is 433 g/mol. The van der Waals surface area contributed by atoms with Crippen molar-refractivity contribution in [1.82, 2.24) is 5.32 Å². The van der Waals surface area contributed by atoms with Gasteiger partial charge in [-0.25, -0.2) is 9.18 Å². The lowest BCUT2D eigenvalue weighted by Crippen LogP contribution is -2.34. The third-order valence-electron chi connectivity index (χ3n) is 5.92. The van der Waals surface area contributed by atoms with Crippen LogP contribution in [0.25, 0.3) is 17.2 Å². The lowest BCUT2D eigenvalue weighted by molar-refractivity contribution is 0.140. The number of alkyl carbamates (subject to hydrolysis) is 1. The van der Waals surface area contributed by atoms with Gasteiger partial charge in [0.05, 0.1) is 12.6 Å². The van der Waals surface area contributed by atoms with E-state index in [0.717, 1.165) is 11.1 Å². The maximum Gasteiger partial charge on any atom is 0.407 e. The standard InChI is InChI=1S/C28H28FNO4/c1-2-21(14-12-19-11-13-20(29)17-27(19)33-16-15-31)30-28(32)34-18-26-24-9-5-3-7-22(24)23-8-4-6-10-25(23)26/h3-14,17,21,26,31H,2,15-16,18H2,1H3,(H,30,32)/b14-12+/t21-/m1/s1. The maximum atomic E-state index is 13.6. The summed E-state index contributed by atoms with van der Waals surface area (Å²) in [5.74, 6) is -0.0885. The quantitative estimate of drug-likeness (QED) is 0.440. The molecule has 4 rings (SSSR count). The van der Waals surface area contributed by atoms with E-state index in [4.69, 9.17) is 14.6 Å². The van der Waals surface area contributed by atoms with Crippen molar-refractivity contribution in [2.75, 3.05) is 19.8 Å². The van der Waals surface area contributed by atoms with Crippen LogP contribution < -0.4 is 10.1 Å². The highest BCUT2D eigenvalue weighted by atomic mass is 19.1. The van der Waals surface area contributed by atoms with Gasteiger partial charge in [0, 0.05) is 17.5 Å². The molecule has 0 aromatic heterocycles. The van der Waals surface area contributed by atoms with Gasteiger partial charge in [0.25, 0.3) is 0 Å². The van der Waals surface area contributed by atoms with Gasteiger partial charge in [-0.05, 0) is 40.8 Å². The molecular formula is C28H28FNO4. The molecule has 0 heterocycles. The van der Waals surface area contributed by atoms with Crippen molar-refractivity contribution in [3.05, 3.63) is 95.3 Å². The highest BCUT2D eigenvalue weighted by molar-refractivity contribution is 5.79. The average molecular weight is 462 g/mol. The predicted octanol–water partition coefficient (Wildman–Crippen LogP) is 5.53. The van der Waals surface area contributed by atoms with Crippen LogP contribution in [0.15, 0.2) is 72.8 Å². The van der Waals surface area contributed by atoms with E-state index in [2.05, 4.69) is 29.6 Å². The first-order valence-electron chi connectivity index (χ1n) is 11.4. The first kappa shape index (κ1) is 23.5. The summed E-state index contributed by atoms with van der Waals surface area (Å²) in [6.07, 6.45) is 3.74. The van der Waals surface area contributed by atoms with Crippen molar-refractivity contribution in [2.24, 2.45) is 0 Å². The molecule has 0 bridgehead atoms. The first-order valence-corrected chi connectivity index (χ1v) is 11.4. The lowest BCUT2D eigenvalue weighted by Gasteiger charge is -2.17. The fraction of sp³-hybridized carbons (Fsp3) is 0.250. The number of benzene rings is 3. The fourth-order valence-corrected chi connectivity index (χ4v) is 4.22. The summed E-state index contributed by atoms with van der Waals surface area (Å²) < 4.78 is 24.6. The highest BCUT2D eigenvalue weighted by Crippen LogP contribution is 2.44. The van der Waals surface area contributed by atoms with E-state index >= 15 is 0 Å². The Bertz CT molecular complexity index is 1130. The largest absolute Gasteiger partial charge is 0.490 e. The number of ether oxygens (including phenoxy) is 2. The SMILES string of the molecule is CC[C@H](/C=C/c1ccc(F)cc1OCCO)NC(=O)OCC1c2ccccc2-c2ccccc21. The van der Waals surface area contributed by atoms with Gasteiger partial charge in [-0.15, -0.1) is 0 Å². The van der Waals surface area contributed by atoms with E-state index in [0.29, 0.717) is 17.7 Å². The van der Waals surface area contributed by atoms with Crippen LogP contribution in [-0.4, -0.2) is 37.1 Å². The van der Waals surface area contributed by atoms with Gasteiger partial charge in [0.1, 0.15) is 24.8 Å². The molecule has 3 aromatic carbocycles. The van der Waals surface area contributed by atoms with Gasteiger partial charge < -0.3 is 19.9 Å². The third kappa shape index (κ3) is 5.29. The van der Waals surface area contributed by atoms with Crippen LogP contribution >= 0.6 is 0 Å². The molecule has 1 aliphatic rings. The first-order chi connectivity index (χ1) is 16.6. The smallest absolute Gasteiger partial charge is 0.407 e. The van der Waals surface area contributed by atoms with E-state index < -0.39 is 11.9 Å². The van der Waals surface area contributed by atoms with Crippen LogP contribution in [-0.2, 0) is 4.74 Å². The molecule has 5 nitrogen and oxygen atoms in total. The number of fused-ring (bicyclic) bond motifs is 3. The van der Waals surface area contributed by atoms with Crippen molar-refractivity contribution in [3.8, 4) is 16.9 Å². The van der Waals surface area contributed by atoms with Gasteiger partial charge in [-0.2, -0.15) is 0 Å². The number of carbonyl (C=O) groups is 1. The number of aliphatic hydroxyl groups is 1. The van der Waals surface area contributed by atoms with Gasteiger partial charge in [0.15, 0.2) is 0 Å². The Hall–Kier alpha value is -3.64. The molecule has 3 aromatic rings. The van der Waals surface area contributed by atoms with Crippen LogP contribution in [0.5, 0.6) is 5.75 Å².